The third-order valence-electron chi connectivity index (χ3n) is 5.12. The maximum atomic E-state index is 12.4. The smallest absolute Gasteiger partial charge is 0.281 e. The van der Waals surface area contributed by atoms with Gasteiger partial charge in [0.15, 0.2) is 0 Å². The minimum absolute atomic E-state index is 0.174. The Morgan fingerprint density at radius 1 is 1.09 bits per heavy atom. The highest BCUT2D eigenvalue weighted by Crippen LogP contribution is 2.21. The zero-order chi connectivity index (χ0) is 24.5. The van der Waals surface area contributed by atoms with Gasteiger partial charge in [-0.05, 0) is 11.6 Å². The summed E-state index contributed by atoms with van der Waals surface area (Å²) < 4.78 is 6.85. The highest BCUT2D eigenvalue weighted by Gasteiger charge is 2.22. The first-order valence-corrected chi connectivity index (χ1v) is 11.6. The standard InChI is InChI=1S/C19H20N8O2.C3H6.C2H6/c1-11(12-2-3-16(22-4-12)13-5-23-19(21)24-6-13)17(20)26-18(28)14-7-25-27(8-14)15-9-29-10-15;1-2-3-1;1-2/h2-8,11,15H,9-10H2,1H3,(H2,20,26,28)(H2,21,23,24);1-3H2;1-2H3. The summed E-state index contributed by atoms with van der Waals surface area (Å²) in [7, 11) is 0. The highest BCUT2D eigenvalue weighted by molar-refractivity contribution is 6.04. The maximum Gasteiger partial charge on any atom is 0.281 e. The molecular weight excluding hydrogens is 432 g/mol. The first-order chi connectivity index (χ1) is 16.5. The molecule has 0 spiro atoms. The number of hydrogen-bond donors (Lipinski definition) is 2. The molecule has 1 amide bonds. The summed E-state index contributed by atoms with van der Waals surface area (Å²) in [6.45, 7) is 7.07. The molecular formula is C24H32N8O2. The van der Waals surface area contributed by atoms with Crippen molar-refractivity contribution in [3.63, 3.8) is 0 Å². The lowest BCUT2D eigenvalue weighted by Gasteiger charge is -2.25. The van der Waals surface area contributed by atoms with E-state index in [1.807, 2.05) is 32.9 Å². The van der Waals surface area contributed by atoms with Crippen LogP contribution in [0.15, 0.2) is 48.1 Å². The third kappa shape index (κ3) is 6.67. The van der Waals surface area contributed by atoms with Crippen molar-refractivity contribution in [1.29, 1.82) is 0 Å². The molecule has 1 aliphatic heterocycles. The molecule has 0 radical (unpaired) electrons. The van der Waals surface area contributed by atoms with E-state index in [0.717, 1.165) is 11.1 Å². The average Bonchev–Trinajstić information content (AvgIpc) is 3.65. The molecule has 5 rings (SSSR count). The fourth-order valence-electron chi connectivity index (χ4n) is 2.78. The van der Waals surface area contributed by atoms with Crippen molar-refractivity contribution in [1.82, 2.24) is 24.7 Å². The molecule has 1 saturated carbocycles. The second-order valence-electron chi connectivity index (χ2n) is 7.83. The number of ether oxygens (including phenoxy) is 1. The van der Waals surface area contributed by atoms with Crippen LogP contribution in [0.2, 0.25) is 0 Å². The second kappa shape index (κ2) is 12.0. The lowest BCUT2D eigenvalue weighted by molar-refractivity contribution is -0.0286. The Morgan fingerprint density at radius 3 is 2.29 bits per heavy atom. The van der Waals surface area contributed by atoms with Crippen molar-refractivity contribution in [2.24, 2.45) is 10.7 Å². The Morgan fingerprint density at radius 2 is 1.76 bits per heavy atom. The van der Waals surface area contributed by atoms with Crippen molar-refractivity contribution in [3.8, 4) is 11.3 Å². The van der Waals surface area contributed by atoms with Crippen LogP contribution in [0.1, 0.15) is 67.9 Å². The number of hydrogen-bond acceptors (Lipinski definition) is 7. The van der Waals surface area contributed by atoms with Crippen molar-refractivity contribution < 1.29 is 9.53 Å². The van der Waals surface area contributed by atoms with Gasteiger partial charge in [0.05, 0.1) is 36.7 Å². The Bertz CT molecular complexity index is 1080. The van der Waals surface area contributed by atoms with E-state index < -0.39 is 5.91 Å². The third-order valence-corrected chi connectivity index (χ3v) is 5.12. The molecule has 3 aromatic rings. The number of aliphatic imine (C=N–C) groups is 1. The van der Waals surface area contributed by atoms with Crippen molar-refractivity contribution in [3.05, 3.63) is 54.2 Å². The number of rotatable bonds is 5. The molecule has 34 heavy (non-hydrogen) atoms. The molecule has 0 aromatic carbocycles. The predicted molar refractivity (Wildman–Crippen MR) is 131 cm³/mol. The van der Waals surface area contributed by atoms with Crippen LogP contribution in [-0.2, 0) is 4.74 Å². The van der Waals surface area contributed by atoms with Crippen molar-refractivity contribution in [2.75, 3.05) is 18.9 Å². The Hall–Kier alpha value is -3.66. The van der Waals surface area contributed by atoms with E-state index in [0.29, 0.717) is 24.5 Å². The molecule has 4 heterocycles. The van der Waals surface area contributed by atoms with Crippen LogP contribution < -0.4 is 11.5 Å². The summed E-state index contributed by atoms with van der Waals surface area (Å²) in [6, 6.07) is 3.89. The van der Waals surface area contributed by atoms with Gasteiger partial charge in [0, 0.05) is 36.3 Å². The van der Waals surface area contributed by atoms with Crippen LogP contribution in [0.25, 0.3) is 11.3 Å². The predicted octanol–water partition coefficient (Wildman–Crippen LogP) is 3.39. The van der Waals surface area contributed by atoms with Crippen LogP contribution >= 0.6 is 0 Å². The summed E-state index contributed by atoms with van der Waals surface area (Å²) >= 11 is 0. The molecule has 1 aliphatic carbocycles. The number of carbonyl (C=O) groups excluding carboxylic acids is 1. The van der Waals surface area contributed by atoms with E-state index in [-0.39, 0.29) is 23.7 Å². The van der Waals surface area contributed by atoms with Crippen LogP contribution in [-0.4, -0.2) is 49.7 Å². The van der Waals surface area contributed by atoms with Crippen LogP contribution in [0.4, 0.5) is 5.95 Å². The minimum atomic E-state index is -0.426. The second-order valence-corrected chi connectivity index (χ2v) is 7.83. The highest BCUT2D eigenvalue weighted by atomic mass is 16.5. The number of nitrogen functional groups attached to an aromatic ring is 1. The number of amides is 1. The first kappa shape index (κ1) is 25.0. The molecule has 180 valence electrons. The lowest BCUT2D eigenvalue weighted by Crippen LogP contribution is -2.30. The molecule has 1 saturated heterocycles. The monoisotopic (exact) mass is 464 g/mol. The molecule has 4 N–H and O–H groups in total. The fraction of sp³-hybridized carbons (Fsp3) is 0.417. The number of amidine groups is 1. The van der Waals surface area contributed by atoms with E-state index in [1.54, 1.807) is 29.5 Å². The maximum absolute atomic E-state index is 12.4. The number of carbonyl (C=O) groups is 1. The van der Waals surface area contributed by atoms with Gasteiger partial charge in [-0.3, -0.25) is 14.5 Å². The zero-order valence-electron chi connectivity index (χ0n) is 19.9. The normalized spacial score (nSPS) is 15.7. The van der Waals surface area contributed by atoms with Crippen LogP contribution in [0.3, 0.4) is 0 Å². The van der Waals surface area contributed by atoms with Crippen LogP contribution in [0, 0.1) is 0 Å². The minimum Gasteiger partial charge on any atom is -0.387 e. The number of nitrogens with zero attached hydrogens (tertiary/aromatic N) is 6. The largest absolute Gasteiger partial charge is 0.387 e. The summed E-state index contributed by atoms with van der Waals surface area (Å²) in [6.07, 6.45) is 12.6. The quantitative estimate of drug-likeness (QED) is 0.431. The molecule has 3 aromatic heterocycles. The number of nitrogens with two attached hydrogens (primary N) is 2. The van der Waals surface area contributed by atoms with Gasteiger partial charge in [-0.15, -0.1) is 0 Å². The summed E-state index contributed by atoms with van der Waals surface area (Å²) in [5, 5.41) is 4.19. The van der Waals surface area contributed by atoms with E-state index in [9.17, 15) is 4.79 Å². The SMILES string of the molecule is C1CC1.CC.CC(C(N)=NC(=O)c1cnn(C2COC2)c1)c1ccc(-c2cnc(N)nc2)nc1. The molecule has 10 nitrogen and oxygen atoms in total. The molecule has 0 bridgehead atoms. The first-order valence-electron chi connectivity index (χ1n) is 11.6. The fourth-order valence-corrected chi connectivity index (χ4v) is 2.78. The van der Waals surface area contributed by atoms with E-state index in [2.05, 4.69) is 25.0 Å². The van der Waals surface area contributed by atoms with Crippen LogP contribution in [0.5, 0.6) is 0 Å². The zero-order valence-corrected chi connectivity index (χ0v) is 19.9. The average molecular weight is 465 g/mol. The summed E-state index contributed by atoms with van der Waals surface area (Å²) in [4.78, 5) is 28.8. The van der Waals surface area contributed by atoms with E-state index >= 15 is 0 Å². The van der Waals surface area contributed by atoms with Gasteiger partial charge >= 0.3 is 0 Å². The molecule has 10 heteroatoms. The number of anilines is 1. The van der Waals surface area contributed by atoms with Crippen molar-refractivity contribution in [2.45, 2.75) is 52.0 Å². The number of aromatic nitrogens is 5. The summed E-state index contributed by atoms with van der Waals surface area (Å²) in [5.41, 5.74) is 14.3. The van der Waals surface area contributed by atoms with Gasteiger partial charge in [-0.25, -0.2) is 9.97 Å². The van der Waals surface area contributed by atoms with E-state index in [4.69, 9.17) is 16.2 Å². The Kier molecular flexibility index (Phi) is 8.80. The number of pyridine rings is 1. The van der Waals surface area contributed by atoms with Gasteiger partial charge < -0.3 is 16.2 Å². The Labute approximate surface area is 199 Å². The Balaban J connectivity index is 0.000000588. The van der Waals surface area contributed by atoms with Gasteiger partial charge in [-0.2, -0.15) is 10.1 Å². The topological polar surface area (TPSA) is 147 Å². The molecule has 1 unspecified atom stereocenters. The van der Waals surface area contributed by atoms with Gasteiger partial charge in [0.2, 0.25) is 5.95 Å². The van der Waals surface area contributed by atoms with E-state index in [1.165, 1.54) is 25.5 Å². The molecule has 1 atom stereocenters. The molecule has 2 aliphatic rings. The van der Waals surface area contributed by atoms with Gasteiger partial charge in [0.25, 0.3) is 5.91 Å². The summed E-state index contributed by atoms with van der Waals surface area (Å²) in [5.74, 6) is -0.290. The van der Waals surface area contributed by atoms with Crippen molar-refractivity contribution >= 4 is 17.7 Å². The van der Waals surface area contributed by atoms with Gasteiger partial charge in [-0.1, -0.05) is 46.1 Å². The molecule has 2 fully saturated rings. The lowest BCUT2D eigenvalue weighted by atomic mass is 10.0. The van der Waals surface area contributed by atoms with Gasteiger partial charge in [0.1, 0.15) is 5.84 Å².